The van der Waals surface area contributed by atoms with Crippen LogP contribution in [-0.4, -0.2) is 17.7 Å². The maximum Gasteiger partial charge on any atom is 0.0662 e. The van der Waals surface area contributed by atoms with E-state index >= 15 is 0 Å². The molecule has 2 N–H and O–H groups in total. The van der Waals surface area contributed by atoms with Gasteiger partial charge in [0.2, 0.25) is 0 Å². The Bertz CT molecular complexity index is 236. The van der Waals surface area contributed by atoms with Crippen LogP contribution in [0.3, 0.4) is 0 Å². The van der Waals surface area contributed by atoms with E-state index in [1.54, 1.807) is 12.4 Å². The molecule has 1 heterocycles. The summed E-state index contributed by atoms with van der Waals surface area (Å²) in [7, 11) is 0. The molecule has 1 unspecified atom stereocenters. The second kappa shape index (κ2) is 4.94. The van der Waals surface area contributed by atoms with Crippen LogP contribution in [-0.2, 0) is 4.74 Å². The fourth-order valence-corrected chi connectivity index (χ4v) is 1.00. The van der Waals surface area contributed by atoms with Gasteiger partial charge in [-0.15, -0.1) is 0 Å². The summed E-state index contributed by atoms with van der Waals surface area (Å²) in [6, 6.07) is 3.77. The zero-order chi connectivity index (χ0) is 9.68. The van der Waals surface area contributed by atoms with Crippen molar-refractivity contribution < 1.29 is 4.74 Å². The lowest BCUT2D eigenvalue weighted by Gasteiger charge is -2.14. The molecule has 0 saturated heterocycles. The molecule has 3 nitrogen and oxygen atoms in total. The Morgan fingerprint density at radius 3 is 2.54 bits per heavy atom. The molecule has 0 amide bonds. The summed E-state index contributed by atoms with van der Waals surface area (Å²) in [5, 5.41) is 0. The van der Waals surface area contributed by atoms with Crippen molar-refractivity contribution in [3.05, 3.63) is 30.1 Å². The molecule has 0 aliphatic heterocycles. The predicted octanol–water partition coefficient (Wildman–Crippen LogP) is 1.51. The van der Waals surface area contributed by atoms with Gasteiger partial charge >= 0.3 is 0 Å². The molecular formula is C10H16N2O. The summed E-state index contributed by atoms with van der Waals surface area (Å²) in [6.07, 6.45) is 3.71. The third kappa shape index (κ3) is 3.53. The van der Waals surface area contributed by atoms with Gasteiger partial charge in [0.1, 0.15) is 0 Å². The number of nitrogens with zero attached hydrogens (tertiary/aromatic N) is 1. The zero-order valence-electron chi connectivity index (χ0n) is 8.10. The van der Waals surface area contributed by atoms with Crippen LogP contribution in [0.25, 0.3) is 0 Å². The molecular weight excluding hydrogens is 164 g/mol. The summed E-state index contributed by atoms with van der Waals surface area (Å²) >= 11 is 0. The molecule has 1 aromatic heterocycles. The van der Waals surface area contributed by atoms with E-state index in [1.165, 1.54) is 0 Å². The SMILES string of the molecule is CC(C)OCC(N)c1ccncc1. The van der Waals surface area contributed by atoms with E-state index in [4.69, 9.17) is 10.5 Å². The lowest BCUT2D eigenvalue weighted by molar-refractivity contribution is 0.0683. The van der Waals surface area contributed by atoms with E-state index < -0.39 is 0 Å². The van der Waals surface area contributed by atoms with Crippen molar-refractivity contribution in [3.63, 3.8) is 0 Å². The number of aromatic nitrogens is 1. The number of pyridine rings is 1. The standard InChI is InChI=1S/C10H16N2O/c1-8(2)13-7-10(11)9-3-5-12-6-4-9/h3-6,8,10H,7,11H2,1-2H3. The number of hydrogen-bond donors (Lipinski definition) is 1. The van der Waals surface area contributed by atoms with Crippen LogP contribution in [0.5, 0.6) is 0 Å². The maximum absolute atomic E-state index is 5.89. The highest BCUT2D eigenvalue weighted by Crippen LogP contribution is 2.09. The van der Waals surface area contributed by atoms with E-state index in [1.807, 2.05) is 26.0 Å². The topological polar surface area (TPSA) is 48.1 Å². The van der Waals surface area contributed by atoms with Crippen molar-refractivity contribution >= 4 is 0 Å². The van der Waals surface area contributed by atoms with E-state index in [0.717, 1.165) is 5.56 Å². The summed E-state index contributed by atoms with van der Waals surface area (Å²) in [5.74, 6) is 0. The van der Waals surface area contributed by atoms with Crippen LogP contribution in [0, 0.1) is 0 Å². The molecule has 3 heteroatoms. The van der Waals surface area contributed by atoms with E-state index in [-0.39, 0.29) is 12.1 Å². The zero-order valence-corrected chi connectivity index (χ0v) is 8.10. The average Bonchev–Trinajstić information content (AvgIpc) is 2.15. The van der Waals surface area contributed by atoms with Crippen LogP contribution in [0.2, 0.25) is 0 Å². The van der Waals surface area contributed by atoms with E-state index in [2.05, 4.69) is 4.98 Å². The second-order valence-corrected chi connectivity index (χ2v) is 3.27. The third-order valence-corrected chi connectivity index (χ3v) is 1.74. The number of hydrogen-bond acceptors (Lipinski definition) is 3. The fraction of sp³-hybridized carbons (Fsp3) is 0.500. The van der Waals surface area contributed by atoms with Crippen molar-refractivity contribution in [1.82, 2.24) is 4.98 Å². The van der Waals surface area contributed by atoms with Crippen molar-refractivity contribution in [2.24, 2.45) is 5.73 Å². The average molecular weight is 180 g/mol. The van der Waals surface area contributed by atoms with Gasteiger partial charge in [0, 0.05) is 12.4 Å². The first kappa shape index (κ1) is 10.2. The van der Waals surface area contributed by atoms with Gasteiger partial charge in [-0.05, 0) is 31.5 Å². The Hall–Kier alpha value is -0.930. The van der Waals surface area contributed by atoms with Crippen LogP contribution < -0.4 is 5.73 Å². The Morgan fingerprint density at radius 2 is 2.00 bits per heavy atom. The molecule has 0 spiro atoms. The van der Waals surface area contributed by atoms with Crippen LogP contribution in [0.1, 0.15) is 25.5 Å². The van der Waals surface area contributed by atoms with Crippen molar-refractivity contribution in [2.45, 2.75) is 26.0 Å². The normalized spacial score (nSPS) is 13.2. The molecule has 1 aromatic rings. The molecule has 0 aliphatic carbocycles. The largest absolute Gasteiger partial charge is 0.377 e. The minimum absolute atomic E-state index is 0.0506. The first-order valence-electron chi connectivity index (χ1n) is 4.47. The Balaban J connectivity index is 2.44. The monoisotopic (exact) mass is 180 g/mol. The van der Waals surface area contributed by atoms with Crippen molar-refractivity contribution in [3.8, 4) is 0 Å². The molecule has 1 rings (SSSR count). The molecule has 0 bridgehead atoms. The maximum atomic E-state index is 5.89. The number of ether oxygens (including phenoxy) is 1. The number of rotatable bonds is 4. The smallest absolute Gasteiger partial charge is 0.0662 e. The highest BCUT2D eigenvalue weighted by atomic mass is 16.5. The van der Waals surface area contributed by atoms with Gasteiger partial charge < -0.3 is 10.5 Å². The first-order valence-corrected chi connectivity index (χ1v) is 4.47. The Kier molecular flexibility index (Phi) is 3.86. The van der Waals surface area contributed by atoms with Crippen LogP contribution in [0.15, 0.2) is 24.5 Å². The summed E-state index contributed by atoms with van der Waals surface area (Å²) in [5.41, 5.74) is 6.96. The summed E-state index contributed by atoms with van der Waals surface area (Å²) < 4.78 is 5.41. The highest BCUT2D eigenvalue weighted by molar-refractivity contribution is 5.14. The Morgan fingerprint density at radius 1 is 1.38 bits per heavy atom. The van der Waals surface area contributed by atoms with Crippen molar-refractivity contribution in [2.75, 3.05) is 6.61 Å². The molecule has 13 heavy (non-hydrogen) atoms. The van der Waals surface area contributed by atoms with Gasteiger partial charge in [0.05, 0.1) is 18.8 Å². The number of nitrogens with two attached hydrogens (primary N) is 1. The van der Waals surface area contributed by atoms with Gasteiger partial charge in [-0.3, -0.25) is 4.98 Å². The van der Waals surface area contributed by atoms with E-state index in [9.17, 15) is 0 Å². The minimum Gasteiger partial charge on any atom is -0.377 e. The Labute approximate surface area is 78.9 Å². The minimum atomic E-state index is -0.0506. The summed E-state index contributed by atoms with van der Waals surface area (Å²) in [4.78, 5) is 3.93. The molecule has 0 aromatic carbocycles. The molecule has 1 atom stereocenters. The molecule has 72 valence electrons. The van der Waals surface area contributed by atoms with Gasteiger partial charge in [0.25, 0.3) is 0 Å². The van der Waals surface area contributed by atoms with E-state index in [0.29, 0.717) is 6.61 Å². The molecule has 0 fully saturated rings. The predicted molar refractivity (Wildman–Crippen MR) is 52.3 cm³/mol. The van der Waals surface area contributed by atoms with Gasteiger partial charge in [-0.25, -0.2) is 0 Å². The first-order chi connectivity index (χ1) is 6.20. The van der Waals surface area contributed by atoms with Gasteiger partial charge in [0.15, 0.2) is 0 Å². The van der Waals surface area contributed by atoms with Crippen LogP contribution in [0.4, 0.5) is 0 Å². The molecule has 0 radical (unpaired) electrons. The lowest BCUT2D eigenvalue weighted by atomic mass is 10.1. The van der Waals surface area contributed by atoms with Gasteiger partial charge in [-0.1, -0.05) is 0 Å². The van der Waals surface area contributed by atoms with Crippen LogP contribution >= 0.6 is 0 Å². The quantitative estimate of drug-likeness (QED) is 0.764. The summed E-state index contributed by atoms with van der Waals surface area (Å²) in [6.45, 7) is 4.56. The second-order valence-electron chi connectivity index (χ2n) is 3.27. The third-order valence-electron chi connectivity index (χ3n) is 1.74. The van der Waals surface area contributed by atoms with Gasteiger partial charge in [-0.2, -0.15) is 0 Å². The fourth-order valence-electron chi connectivity index (χ4n) is 1.00. The molecule has 0 saturated carbocycles. The lowest BCUT2D eigenvalue weighted by Crippen LogP contribution is -2.19. The molecule has 0 aliphatic rings. The highest BCUT2D eigenvalue weighted by Gasteiger charge is 2.05. The van der Waals surface area contributed by atoms with Crippen molar-refractivity contribution in [1.29, 1.82) is 0 Å².